The molecule has 0 heterocycles. The van der Waals surface area contributed by atoms with E-state index < -0.39 is 0 Å². The number of rotatable bonds is 6. The highest BCUT2D eigenvalue weighted by atomic mass is 16.2. The van der Waals surface area contributed by atoms with Crippen LogP contribution in [0.4, 0.5) is 5.69 Å². The fourth-order valence-corrected chi connectivity index (χ4v) is 1.35. The average Bonchev–Trinajstić information content (AvgIpc) is 2.35. The van der Waals surface area contributed by atoms with Crippen molar-refractivity contribution in [1.82, 2.24) is 10.2 Å². The molecule has 0 saturated carbocycles. The summed E-state index contributed by atoms with van der Waals surface area (Å²) in [6.45, 7) is 0.703. The van der Waals surface area contributed by atoms with Gasteiger partial charge in [-0.25, -0.2) is 0 Å². The van der Waals surface area contributed by atoms with E-state index in [4.69, 9.17) is 0 Å². The number of anilines is 1. The van der Waals surface area contributed by atoms with Crippen molar-refractivity contribution >= 4 is 17.5 Å². The summed E-state index contributed by atoms with van der Waals surface area (Å²) in [7, 11) is 3.43. The number of nitrogens with one attached hydrogen (secondary N) is 2. The van der Waals surface area contributed by atoms with Crippen LogP contribution in [0, 0.1) is 0 Å². The minimum Gasteiger partial charge on any atom is -0.349 e. The van der Waals surface area contributed by atoms with Gasteiger partial charge >= 0.3 is 0 Å². The number of hydrogen-bond acceptors (Lipinski definition) is 3. The highest BCUT2D eigenvalue weighted by molar-refractivity contribution is 5.92. The average molecular weight is 249 g/mol. The lowest BCUT2D eigenvalue weighted by Crippen LogP contribution is -2.31. The number of carbonyl (C=O) groups excluding carboxylic acids is 2. The third-order valence-corrected chi connectivity index (χ3v) is 2.36. The first-order valence-corrected chi connectivity index (χ1v) is 5.85. The number of benzene rings is 1. The molecule has 1 aromatic carbocycles. The van der Waals surface area contributed by atoms with Crippen molar-refractivity contribution < 1.29 is 9.59 Å². The summed E-state index contributed by atoms with van der Waals surface area (Å²) >= 11 is 0. The smallest absolute Gasteiger partial charge is 0.238 e. The van der Waals surface area contributed by atoms with Gasteiger partial charge in [0.2, 0.25) is 11.8 Å². The molecule has 0 bridgehead atoms. The van der Waals surface area contributed by atoms with Gasteiger partial charge in [-0.2, -0.15) is 0 Å². The second-order valence-electron chi connectivity index (χ2n) is 4.13. The molecule has 0 unspecified atom stereocenters. The lowest BCUT2D eigenvalue weighted by molar-refractivity contribution is -0.128. The van der Waals surface area contributed by atoms with Gasteiger partial charge in [-0.15, -0.1) is 0 Å². The van der Waals surface area contributed by atoms with Crippen molar-refractivity contribution in [3.05, 3.63) is 30.3 Å². The molecule has 1 aromatic rings. The maximum atomic E-state index is 11.5. The first kappa shape index (κ1) is 14.2. The van der Waals surface area contributed by atoms with E-state index in [1.165, 1.54) is 4.90 Å². The van der Waals surface area contributed by atoms with E-state index in [0.29, 0.717) is 13.0 Å². The lowest BCUT2D eigenvalue weighted by atomic mass is 10.3. The Kier molecular flexibility index (Phi) is 5.87. The van der Waals surface area contributed by atoms with Crippen LogP contribution in [0.25, 0.3) is 0 Å². The minimum absolute atomic E-state index is 0.0472. The van der Waals surface area contributed by atoms with Gasteiger partial charge in [0.15, 0.2) is 0 Å². The van der Waals surface area contributed by atoms with Crippen LogP contribution >= 0.6 is 0 Å². The van der Waals surface area contributed by atoms with Gasteiger partial charge in [0.05, 0.1) is 6.54 Å². The molecule has 98 valence electrons. The van der Waals surface area contributed by atoms with E-state index in [0.717, 1.165) is 5.69 Å². The second-order valence-corrected chi connectivity index (χ2v) is 4.13. The number of amides is 2. The minimum atomic E-state index is -0.112. The SMILES string of the molecule is CN(C)C(=O)CCNCC(=O)Nc1ccccc1. The highest BCUT2D eigenvalue weighted by Gasteiger charge is 2.04. The van der Waals surface area contributed by atoms with E-state index in [2.05, 4.69) is 10.6 Å². The fourth-order valence-electron chi connectivity index (χ4n) is 1.35. The van der Waals surface area contributed by atoms with Crippen LogP contribution in [-0.4, -0.2) is 43.9 Å². The van der Waals surface area contributed by atoms with Gasteiger partial charge in [-0.3, -0.25) is 9.59 Å². The van der Waals surface area contributed by atoms with Crippen LogP contribution in [0.2, 0.25) is 0 Å². The topological polar surface area (TPSA) is 61.4 Å². The Balaban J connectivity index is 2.16. The summed E-state index contributed by atoms with van der Waals surface area (Å²) in [5.74, 6) is -0.0653. The third-order valence-electron chi connectivity index (χ3n) is 2.36. The summed E-state index contributed by atoms with van der Waals surface area (Å²) in [5.41, 5.74) is 0.772. The third kappa shape index (κ3) is 5.45. The first-order chi connectivity index (χ1) is 8.59. The lowest BCUT2D eigenvalue weighted by Gasteiger charge is -2.10. The van der Waals surface area contributed by atoms with Crippen molar-refractivity contribution in [1.29, 1.82) is 0 Å². The Hall–Kier alpha value is -1.88. The molecule has 5 heteroatoms. The summed E-state index contributed by atoms with van der Waals surface area (Å²) < 4.78 is 0. The van der Waals surface area contributed by atoms with E-state index in [-0.39, 0.29) is 18.4 Å². The molecule has 0 aliphatic rings. The van der Waals surface area contributed by atoms with E-state index in [1.54, 1.807) is 14.1 Å². The van der Waals surface area contributed by atoms with E-state index >= 15 is 0 Å². The van der Waals surface area contributed by atoms with Gasteiger partial charge in [-0.1, -0.05) is 18.2 Å². The van der Waals surface area contributed by atoms with Crippen molar-refractivity contribution in [2.24, 2.45) is 0 Å². The Labute approximate surface area is 107 Å². The predicted molar refractivity (Wildman–Crippen MR) is 71.3 cm³/mol. The number of nitrogens with zero attached hydrogens (tertiary/aromatic N) is 1. The Bertz CT molecular complexity index is 390. The molecule has 0 aliphatic heterocycles. The van der Waals surface area contributed by atoms with E-state index in [1.807, 2.05) is 30.3 Å². The van der Waals surface area contributed by atoms with Crippen LogP contribution in [0.15, 0.2) is 30.3 Å². The normalized spacial score (nSPS) is 9.89. The molecular formula is C13H19N3O2. The molecule has 1 rings (SSSR count). The molecule has 0 radical (unpaired) electrons. The van der Waals surface area contributed by atoms with Crippen molar-refractivity contribution in [2.45, 2.75) is 6.42 Å². The number of para-hydroxylation sites is 1. The van der Waals surface area contributed by atoms with Crippen LogP contribution in [0.5, 0.6) is 0 Å². The van der Waals surface area contributed by atoms with Gasteiger partial charge in [0.1, 0.15) is 0 Å². The zero-order valence-corrected chi connectivity index (χ0v) is 10.8. The maximum Gasteiger partial charge on any atom is 0.238 e. The summed E-state index contributed by atoms with van der Waals surface area (Å²) in [6.07, 6.45) is 0.394. The quantitative estimate of drug-likeness (QED) is 0.729. The molecule has 0 aromatic heterocycles. The van der Waals surface area contributed by atoms with Crippen LogP contribution in [-0.2, 0) is 9.59 Å². The van der Waals surface area contributed by atoms with Crippen LogP contribution in [0.3, 0.4) is 0 Å². The van der Waals surface area contributed by atoms with Crippen LogP contribution < -0.4 is 10.6 Å². The van der Waals surface area contributed by atoms with Crippen molar-refractivity contribution in [3.8, 4) is 0 Å². The molecule has 0 atom stereocenters. The van der Waals surface area contributed by atoms with Gasteiger partial charge in [-0.05, 0) is 12.1 Å². The van der Waals surface area contributed by atoms with Gasteiger partial charge in [0, 0.05) is 32.7 Å². The molecule has 2 amide bonds. The Morgan fingerprint density at radius 3 is 2.44 bits per heavy atom. The standard InChI is InChI=1S/C13H19N3O2/c1-16(2)13(18)8-9-14-10-12(17)15-11-6-4-3-5-7-11/h3-7,14H,8-10H2,1-2H3,(H,15,17). The van der Waals surface area contributed by atoms with Gasteiger partial charge < -0.3 is 15.5 Å². The molecule has 18 heavy (non-hydrogen) atoms. The van der Waals surface area contributed by atoms with Crippen LogP contribution in [0.1, 0.15) is 6.42 Å². The van der Waals surface area contributed by atoms with E-state index in [9.17, 15) is 9.59 Å². The highest BCUT2D eigenvalue weighted by Crippen LogP contribution is 2.03. The van der Waals surface area contributed by atoms with Crippen molar-refractivity contribution in [2.75, 3.05) is 32.5 Å². The molecule has 5 nitrogen and oxygen atoms in total. The predicted octanol–water partition coefficient (Wildman–Crippen LogP) is 0.693. The Morgan fingerprint density at radius 2 is 1.83 bits per heavy atom. The molecule has 2 N–H and O–H groups in total. The first-order valence-electron chi connectivity index (χ1n) is 5.85. The molecule has 0 aliphatic carbocycles. The summed E-state index contributed by atoms with van der Waals surface area (Å²) in [6, 6.07) is 9.26. The number of hydrogen-bond donors (Lipinski definition) is 2. The molecular weight excluding hydrogens is 230 g/mol. The Morgan fingerprint density at radius 1 is 1.17 bits per heavy atom. The molecule has 0 spiro atoms. The summed E-state index contributed by atoms with van der Waals surface area (Å²) in [5, 5.41) is 5.69. The fraction of sp³-hybridized carbons (Fsp3) is 0.385. The maximum absolute atomic E-state index is 11.5. The summed E-state index contributed by atoms with van der Waals surface area (Å²) in [4.78, 5) is 24.3. The largest absolute Gasteiger partial charge is 0.349 e. The molecule has 0 saturated heterocycles. The van der Waals surface area contributed by atoms with Crippen molar-refractivity contribution in [3.63, 3.8) is 0 Å². The van der Waals surface area contributed by atoms with Gasteiger partial charge in [0.25, 0.3) is 0 Å². The molecule has 0 fully saturated rings. The monoisotopic (exact) mass is 249 g/mol. The number of carbonyl (C=O) groups is 2. The zero-order valence-electron chi connectivity index (χ0n) is 10.8. The zero-order chi connectivity index (χ0) is 13.4. The second kappa shape index (κ2) is 7.45.